The summed E-state index contributed by atoms with van der Waals surface area (Å²) in [5, 5.41) is 9.78. The van der Waals surface area contributed by atoms with Crippen LogP contribution < -0.4 is 4.74 Å². The Kier molecular flexibility index (Phi) is 5.58. The monoisotopic (exact) mass is 226 g/mol. The molecule has 84 valence electrons. The maximum atomic E-state index is 9.78. The molecule has 0 fully saturated rings. The molecule has 0 aliphatic carbocycles. The largest absolute Gasteiger partial charge is 0.496 e. The molecule has 0 heterocycles. The summed E-state index contributed by atoms with van der Waals surface area (Å²) < 4.78 is 5.23. The molecule has 1 rings (SSSR count). The smallest absolute Gasteiger partial charge is 0.122 e. The van der Waals surface area contributed by atoms with Gasteiger partial charge in [0.2, 0.25) is 0 Å². The molecule has 1 atom stereocenters. The highest BCUT2D eigenvalue weighted by molar-refractivity contribution is 7.99. The number of hydrogen-bond acceptors (Lipinski definition) is 3. The number of methoxy groups -OCH3 is 1. The molecule has 0 amide bonds. The molecule has 0 aromatic heterocycles. The van der Waals surface area contributed by atoms with Crippen LogP contribution in [0.3, 0.4) is 0 Å². The van der Waals surface area contributed by atoms with Gasteiger partial charge in [-0.05, 0) is 17.4 Å². The van der Waals surface area contributed by atoms with Gasteiger partial charge in [0.1, 0.15) is 5.75 Å². The zero-order valence-electron chi connectivity index (χ0n) is 9.27. The Bertz CT molecular complexity index is 289. The molecule has 0 bridgehead atoms. The minimum atomic E-state index is -0.286. The molecule has 1 aromatic carbocycles. The second kappa shape index (κ2) is 6.75. The predicted molar refractivity (Wildman–Crippen MR) is 65.7 cm³/mol. The first-order valence-corrected chi connectivity index (χ1v) is 6.31. The number of aliphatic hydroxyl groups is 1. The molecule has 0 radical (unpaired) electrons. The average Bonchev–Trinajstić information content (AvgIpc) is 2.27. The Balaban J connectivity index is 2.55. The van der Waals surface area contributed by atoms with Crippen LogP contribution in [-0.4, -0.2) is 29.8 Å². The number of ether oxygens (including phenoxy) is 1. The molecular weight excluding hydrogens is 208 g/mol. The van der Waals surface area contributed by atoms with Crippen LogP contribution in [0.25, 0.3) is 0 Å². The van der Waals surface area contributed by atoms with E-state index in [0.717, 1.165) is 22.8 Å². The summed E-state index contributed by atoms with van der Waals surface area (Å²) >= 11 is 1.76. The third-order valence-electron chi connectivity index (χ3n) is 2.16. The maximum Gasteiger partial charge on any atom is 0.122 e. The van der Waals surface area contributed by atoms with Gasteiger partial charge in [-0.1, -0.05) is 25.1 Å². The van der Waals surface area contributed by atoms with Crippen molar-refractivity contribution in [2.75, 3.05) is 18.6 Å². The van der Waals surface area contributed by atoms with E-state index in [1.165, 1.54) is 0 Å². The van der Waals surface area contributed by atoms with Crippen molar-refractivity contribution in [3.63, 3.8) is 0 Å². The SMILES string of the molecule is CCSCC(O)Cc1ccccc1OC. The second-order valence-corrected chi connectivity index (χ2v) is 4.65. The first kappa shape index (κ1) is 12.4. The fraction of sp³-hybridized carbons (Fsp3) is 0.500. The van der Waals surface area contributed by atoms with E-state index in [9.17, 15) is 5.11 Å². The molecule has 0 saturated heterocycles. The molecule has 0 aliphatic rings. The van der Waals surface area contributed by atoms with Crippen molar-refractivity contribution < 1.29 is 9.84 Å². The van der Waals surface area contributed by atoms with E-state index in [1.54, 1.807) is 18.9 Å². The Morgan fingerprint density at radius 2 is 2.13 bits per heavy atom. The van der Waals surface area contributed by atoms with Crippen LogP contribution in [0.4, 0.5) is 0 Å². The minimum Gasteiger partial charge on any atom is -0.496 e. The van der Waals surface area contributed by atoms with Gasteiger partial charge >= 0.3 is 0 Å². The van der Waals surface area contributed by atoms with Crippen molar-refractivity contribution in [3.8, 4) is 5.75 Å². The van der Waals surface area contributed by atoms with Crippen LogP contribution in [0.1, 0.15) is 12.5 Å². The van der Waals surface area contributed by atoms with Crippen LogP contribution in [-0.2, 0) is 6.42 Å². The van der Waals surface area contributed by atoms with Gasteiger partial charge in [-0.3, -0.25) is 0 Å². The minimum absolute atomic E-state index is 0.286. The summed E-state index contributed by atoms with van der Waals surface area (Å²) in [4.78, 5) is 0. The molecule has 0 aliphatic heterocycles. The Morgan fingerprint density at radius 3 is 2.80 bits per heavy atom. The fourth-order valence-corrected chi connectivity index (χ4v) is 2.06. The Labute approximate surface area is 95.7 Å². The summed E-state index contributed by atoms with van der Waals surface area (Å²) in [6.07, 6.45) is 0.378. The number of rotatable bonds is 6. The number of aliphatic hydroxyl groups excluding tert-OH is 1. The van der Waals surface area contributed by atoms with Gasteiger partial charge in [0.05, 0.1) is 13.2 Å². The first-order chi connectivity index (χ1) is 7.27. The summed E-state index contributed by atoms with van der Waals surface area (Å²) in [5.41, 5.74) is 1.07. The number of benzene rings is 1. The van der Waals surface area contributed by atoms with E-state index in [-0.39, 0.29) is 6.10 Å². The number of hydrogen-bond donors (Lipinski definition) is 1. The van der Waals surface area contributed by atoms with E-state index in [4.69, 9.17) is 4.74 Å². The average molecular weight is 226 g/mol. The molecule has 2 nitrogen and oxygen atoms in total. The summed E-state index contributed by atoms with van der Waals surface area (Å²) in [7, 11) is 1.66. The molecule has 1 aromatic rings. The van der Waals surface area contributed by atoms with Crippen LogP contribution in [0.15, 0.2) is 24.3 Å². The van der Waals surface area contributed by atoms with Gasteiger partial charge in [-0.15, -0.1) is 0 Å². The van der Waals surface area contributed by atoms with Crippen molar-refractivity contribution >= 4 is 11.8 Å². The zero-order valence-corrected chi connectivity index (χ0v) is 10.1. The van der Waals surface area contributed by atoms with E-state index < -0.39 is 0 Å². The van der Waals surface area contributed by atoms with Gasteiger partial charge < -0.3 is 9.84 Å². The van der Waals surface area contributed by atoms with E-state index in [2.05, 4.69) is 6.92 Å². The van der Waals surface area contributed by atoms with Crippen LogP contribution in [0, 0.1) is 0 Å². The lowest BCUT2D eigenvalue weighted by Crippen LogP contribution is -2.14. The van der Waals surface area contributed by atoms with E-state index in [1.807, 2.05) is 24.3 Å². The van der Waals surface area contributed by atoms with Crippen molar-refractivity contribution in [1.29, 1.82) is 0 Å². The molecule has 15 heavy (non-hydrogen) atoms. The van der Waals surface area contributed by atoms with Crippen molar-refractivity contribution in [1.82, 2.24) is 0 Å². The van der Waals surface area contributed by atoms with Crippen LogP contribution in [0.5, 0.6) is 5.75 Å². The lowest BCUT2D eigenvalue weighted by molar-refractivity contribution is 0.199. The highest BCUT2D eigenvalue weighted by Gasteiger charge is 2.08. The van der Waals surface area contributed by atoms with Crippen molar-refractivity contribution in [3.05, 3.63) is 29.8 Å². The van der Waals surface area contributed by atoms with Crippen LogP contribution >= 0.6 is 11.8 Å². The normalized spacial score (nSPS) is 12.5. The lowest BCUT2D eigenvalue weighted by atomic mass is 10.1. The Morgan fingerprint density at radius 1 is 1.40 bits per heavy atom. The highest BCUT2D eigenvalue weighted by Crippen LogP contribution is 2.19. The number of para-hydroxylation sites is 1. The first-order valence-electron chi connectivity index (χ1n) is 5.15. The predicted octanol–water partition coefficient (Wildman–Crippen LogP) is 2.35. The molecule has 1 N–H and O–H groups in total. The maximum absolute atomic E-state index is 9.78. The standard InChI is InChI=1S/C12H18O2S/c1-3-15-9-11(13)8-10-6-4-5-7-12(10)14-2/h4-7,11,13H,3,8-9H2,1-2H3. The van der Waals surface area contributed by atoms with E-state index >= 15 is 0 Å². The van der Waals surface area contributed by atoms with Gasteiger partial charge in [0.15, 0.2) is 0 Å². The third kappa shape index (κ3) is 4.14. The molecule has 1 unspecified atom stereocenters. The van der Waals surface area contributed by atoms with Gasteiger partial charge in [-0.2, -0.15) is 11.8 Å². The van der Waals surface area contributed by atoms with Crippen molar-refractivity contribution in [2.45, 2.75) is 19.4 Å². The zero-order chi connectivity index (χ0) is 11.1. The molecular formula is C12H18O2S. The van der Waals surface area contributed by atoms with E-state index in [0.29, 0.717) is 6.42 Å². The number of thioether (sulfide) groups is 1. The summed E-state index contributed by atoms with van der Waals surface area (Å²) in [6, 6.07) is 7.83. The van der Waals surface area contributed by atoms with Crippen LogP contribution in [0.2, 0.25) is 0 Å². The topological polar surface area (TPSA) is 29.5 Å². The Hall–Kier alpha value is -0.670. The third-order valence-corrected chi connectivity index (χ3v) is 3.19. The lowest BCUT2D eigenvalue weighted by Gasteiger charge is -2.12. The van der Waals surface area contributed by atoms with Crippen molar-refractivity contribution in [2.24, 2.45) is 0 Å². The molecule has 3 heteroatoms. The van der Waals surface area contributed by atoms with Gasteiger partial charge in [0, 0.05) is 12.2 Å². The quantitative estimate of drug-likeness (QED) is 0.807. The van der Waals surface area contributed by atoms with Gasteiger partial charge in [-0.25, -0.2) is 0 Å². The van der Waals surface area contributed by atoms with Gasteiger partial charge in [0.25, 0.3) is 0 Å². The molecule has 0 spiro atoms. The second-order valence-electron chi connectivity index (χ2n) is 3.33. The highest BCUT2D eigenvalue weighted by atomic mass is 32.2. The summed E-state index contributed by atoms with van der Waals surface area (Å²) in [6.45, 7) is 2.10. The summed E-state index contributed by atoms with van der Waals surface area (Å²) in [5.74, 6) is 2.69. The fourth-order valence-electron chi connectivity index (χ4n) is 1.44. The molecule has 0 saturated carbocycles.